The van der Waals surface area contributed by atoms with Gasteiger partial charge in [0.15, 0.2) is 0 Å². The number of rotatable bonds is 6. The molecule has 0 unspecified atom stereocenters. The molecule has 0 aliphatic carbocycles. The second-order valence-corrected chi connectivity index (χ2v) is 6.56. The van der Waals surface area contributed by atoms with Crippen LogP contribution in [-0.4, -0.2) is 36.9 Å². The van der Waals surface area contributed by atoms with Crippen LogP contribution in [0, 0.1) is 5.82 Å². The van der Waals surface area contributed by atoms with Crippen molar-refractivity contribution in [2.24, 2.45) is 0 Å². The molecule has 0 radical (unpaired) electrons. The van der Waals surface area contributed by atoms with Gasteiger partial charge in [0.05, 0.1) is 25.8 Å². The van der Waals surface area contributed by atoms with Crippen molar-refractivity contribution < 1.29 is 23.5 Å². The van der Waals surface area contributed by atoms with E-state index in [1.807, 2.05) is 0 Å². The summed E-state index contributed by atoms with van der Waals surface area (Å²) in [6, 6.07) is 11.0. The van der Waals surface area contributed by atoms with Gasteiger partial charge in [0.1, 0.15) is 17.3 Å². The monoisotopic (exact) mass is 388 g/mol. The van der Waals surface area contributed by atoms with Crippen molar-refractivity contribution in [2.45, 2.75) is 0 Å². The molecule has 1 saturated heterocycles. The Morgan fingerprint density at radius 1 is 1.15 bits per heavy atom. The predicted molar refractivity (Wildman–Crippen MR) is 102 cm³/mol. The van der Waals surface area contributed by atoms with Gasteiger partial charge in [0, 0.05) is 17.3 Å². The van der Waals surface area contributed by atoms with Gasteiger partial charge in [-0.15, -0.1) is 0 Å². The van der Waals surface area contributed by atoms with Gasteiger partial charge >= 0.3 is 0 Å². The minimum absolute atomic E-state index is 0.0504. The molecular formula is C19H17FN2O4S. The minimum atomic E-state index is -0.424. The molecule has 1 N–H and O–H groups in total. The zero-order valence-corrected chi connectivity index (χ0v) is 15.5. The highest BCUT2D eigenvalue weighted by Gasteiger charge is 2.35. The normalized spacial score (nSPS) is 15.4. The second-order valence-electron chi connectivity index (χ2n) is 5.56. The smallest absolute Gasteiger partial charge is 0.295 e. The van der Waals surface area contributed by atoms with Crippen LogP contribution in [0.1, 0.15) is 5.56 Å². The number of imide groups is 1. The van der Waals surface area contributed by atoms with Crippen LogP contribution in [0.2, 0.25) is 0 Å². The van der Waals surface area contributed by atoms with Gasteiger partial charge < -0.3 is 14.8 Å². The van der Waals surface area contributed by atoms with E-state index in [9.17, 15) is 14.0 Å². The van der Waals surface area contributed by atoms with E-state index in [-0.39, 0.29) is 11.6 Å². The average Bonchev–Trinajstić information content (AvgIpc) is 2.93. The van der Waals surface area contributed by atoms with Gasteiger partial charge in [0.2, 0.25) is 0 Å². The van der Waals surface area contributed by atoms with Crippen LogP contribution in [0.15, 0.2) is 47.4 Å². The largest absolute Gasteiger partial charge is 0.497 e. The Balaban J connectivity index is 1.76. The summed E-state index contributed by atoms with van der Waals surface area (Å²) >= 11 is 0.842. The number of benzene rings is 2. The third kappa shape index (κ3) is 4.22. The molecule has 2 amide bonds. The number of ether oxygens (including phenoxy) is 2. The summed E-state index contributed by atoms with van der Waals surface area (Å²) in [5.41, 5.74) is 1.14. The highest BCUT2D eigenvalue weighted by atomic mass is 32.2. The predicted octanol–water partition coefficient (Wildman–Crippen LogP) is 3.95. The number of amides is 2. The molecule has 27 heavy (non-hydrogen) atoms. The fraction of sp³-hybridized carbons (Fsp3) is 0.158. The molecule has 8 heteroatoms. The summed E-state index contributed by atoms with van der Waals surface area (Å²) in [5, 5.41) is 2.47. The van der Waals surface area contributed by atoms with Crippen LogP contribution in [0.3, 0.4) is 0 Å². The fourth-order valence-electron chi connectivity index (χ4n) is 2.48. The lowest BCUT2D eigenvalue weighted by atomic mass is 10.1. The van der Waals surface area contributed by atoms with Gasteiger partial charge in [0.25, 0.3) is 11.1 Å². The standard InChI is InChI=1S/C19H17FN2O4S/c1-25-15-7-6-12(16(10-15)26-2)8-17-18(23)22(19(24)27-17)11-21-14-5-3-4-13(20)9-14/h3-10,21H,11H2,1-2H3/b17-8+. The number of halogens is 1. The maximum Gasteiger partial charge on any atom is 0.295 e. The Kier molecular flexibility index (Phi) is 5.66. The third-order valence-electron chi connectivity index (χ3n) is 3.87. The van der Waals surface area contributed by atoms with Crippen LogP contribution < -0.4 is 14.8 Å². The van der Waals surface area contributed by atoms with Crippen molar-refractivity contribution in [1.29, 1.82) is 0 Å². The molecule has 1 heterocycles. The highest BCUT2D eigenvalue weighted by Crippen LogP contribution is 2.34. The Hall–Kier alpha value is -3.00. The Bertz CT molecular complexity index is 916. The fourth-order valence-corrected chi connectivity index (χ4v) is 3.31. The number of nitrogens with one attached hydrogen (secondary N) is 1. The number of methoxy groups -OCH3 is 2. The molecule has 0 spiro atoms. The Labute approximate surface area is 159 Å². The molecule has 3 rings (SSSR count). The summed E-state index contributed by atoms with van der Waals surface area (Å²) in [4.78, 5) is 26.1. The minimum Gasteiger partial charge on any atom is -0.497 e. The molecule has 2 aromatic carbocycles. The maximum atomic E-state index is 13.2. The van der Waals surface area contributed by atoms with Gasteiger partial charge in [-0.1, -0.05) is 6.07 Å². The SMILES string of the molecule is COc1ccc(/C=C2/SC(=O)N(CNc3cccc(F)c3)C2=O)c(OC)c1. The van der Waals surface area contributed by atoms with Crippen molar-refractivity contribution in [1.82, 2.24) is 4.90 Å². The Morgan fingerprint density at radius 2 is 1.96 bits per heavy atom. The first-order chi connectivity index (χ1) is 13.0. The number of hydrogen-bond acceptors (Lipinski definition) is 6. The van der Waals surface area contributed by atoms with Crippen molar-refractivity contribution in [3.05, 3.63) is 58.8 Å². The van der Waals surface area contributed by atoms with Crippen LogP contribution in [0.4, 0.5) is 14.9 Å². The molecular weight excluding hydrogens is 371 g/mol. The van der Waals surface area contributed by atoms with E-state index in [2.05, 4.69) is 5.32 Å². The van der Waals surface area contributed by atoms with Crippen LogP contribution >= 0.6 is 11.8 Å². The molecule has 0 saturated carbocycles. The average molecular weight is 388 g/mol. The molecule has 1 aliphatic rings. The van der Waals surface area contributed by atoms with E-state index in [1.165, 1.54) is 19.2 Å². The number of carbonyl (C=O) groups is 2. The first kappa shape index (κ1) is 18.8. The van der Waals surface area contributed by atoms with Crippen molar-refractivity contribution >= 4 is 34.7 Å². The molecule has 0 bridgehead atoms. The van der Waals surface area contributed by atoms with Gasteiger partial charge in [-0.05, 0) is 48.2 Å². The lowest BCUT2D eigenvalue weighted by Gasteiger charge is -2.14. The van der Waals surface area contributed by atoms with Crippen LogP contribution in [0.25, 0.3) is 6.08 Å². The summed E-state index contributed by atoms with van der Waals surface area (Å²) in [7, 11) is 3.06. The number of hydrogen-bond donors (Lipinski definition) is 1. The van der Waals surface area contributed by atoms with Crippen LogP contribution in [0.5, 0.6) is 11.5 Å². The number of thioether (sulfide) groups is 1. The topological polar surface area (TPSA) is 67.9 Å². The summed E-state index contributed by atoms with van der Waals surface area (Å²) in [6.45, 7) is -0.0504. The zero-order valence-electron chi connectivity index (χ0n) is 14.7. The van der Waals surface area contributed by atoms with E-state index in [1.54, 1.807) is 43.5 Å². The van der Waals surface area contributed by atoms with Crippen molar-refractivity contribution in [2.75, 3.05) is 26.2 Å². The molecule has 1 fully saturated rings. The Morgan fingerprint density at radius 3 is 2.67 bits per heavy atom. The second kappa shape index (κ2) is 8.13. The van der Waals surface area contributed by atoms with Crippen molar-refractivity contribution in [3.63, 3.8) is 0 Å². The molecule has 2 aromatic rings. The number of nitrogens with zero attached hydrogens (tertiary/aromatic N) is 1. The quantitative estimate of drug-likeness (QED) is 0.756. The van der Waals surface area contributed by atoms with E-state index in [4.69, 9.17) is 9.47 Å². The number of anilines is 1. The molecule has 0 atom stereocenters. The zero-order chi connectivity index (χ0) is 19.4. The molecule has 1 aliphatic heterocycles. The van der Waals surface area contributed by atoms with E-state index in [0.717, 1.165) is 16.7 Å². The highest BCUT2D eigenvalue weighted by molar-refractivity contribution is 8.18. The molecule has 0 aromatic heterocycles. The van der Waals surface area contributed by atoms with Crippen molar-refractivity contribution in [3.8, 4) is 11.5 Å². The van der Waals surface area contributed by atoms with E-state index >= 15 is 0 Å². The maximum absolute atomic E-state index is 13.2. The third-order valence-corrected chi connectivity index (χ3v) is 4.77. The first-order valence-corrected chi connectivity index (χ1v) is 8.80. The summed E-state index contributed by atoms with van der Waals surface area (Å²) < 4.78 is 23.7. The first-order valence-electron chi connectivity index (χ1n) is 7.98. The number of carbonyl (C=O) groups excluding carboxylic acids is 2. The van der Waals surface area contributed by atoms with Crippen LogP contribution in [-0.2, 0) is 4.79 Å². The lowest BCUT2D eigenvalue weighted by molar-refractivity contribution is -0.122. The lowest BCUT2D eigenvalue weighted by Crippen LogP contribution is -2.33. The van der Waals surface area contributed by atoms with Gasteiger partial charge in [-0.2, -0.15) is 0 Å². The molecule has 6 nitrogen and oxygen atoms in total. The summed E-state index contributed by atoms with van der Waals surface area (Å²) in [6.07, 6.45) is 1.60. The summed E-state index contributed by atoms with van der Waals surface area (Å²) in [5.74, 6) is 0.322. The van der Waals surface area contributed by atoms with E-state index in [0.29, 0.717) is 22.7 Å². The van der Waals surface area contributed by atoms with Gasteiger partial charge in [-0.3, -0.25) is 14.5 Å². The molecule has 140 valence electrons. The van der Waals surface area contributed by atoms with Gasteiger partial charge in [-0.25, -0.2) is 4.39 Å². The van der Waals surface area contributed by atoms with E-state index < -0.39 is 17.0 Å².